The van der Waals surface area contributed by atoms with Crippen molar-refractivity contribution in [2.24, 2.45) is 5.92 Å². The Morgan fingerprint density at radius 2 is 1.59 bits per heavy atom. The highest BCUT2D eigenvalue weighted by Gasteiger charge is 2.42. The van der Waals surface area contributed by atoms with Gasteiger partial charge in [0.1, 0.15) is 12.4 Å². The van der Waals surface area contributed by atoms with Crippen LogP contribution in [0.5, 0.6) is 5.75 Å². The largest absolute Gasteiger partial charge is 0.489 e. The van der Waals surface area contributed by atoms with Crippen molar-refractivity contribution in [1.29, 1.82) is 0 Å². The third-order valence-corrected chi connectivity index (χ3v) is 13.7. The van der Waals surface area contributed by atoms with Crippen molar-refractivity contribution >= 4 is 37.4 Å². The van der Waals surface area contributed by atoms with E-state index in [0.717, 1.165) is 49.8 Å². The van der Waals surface area contributed by atoms with Crippen molar-refractivity contribution in [3.05, 3.63) is 63.6 Å². The summed E-state index contributed by atoms with van der Waals surface area (Å²) in [6.45, 7) is 12.8. The first-order chi connectivity index (χ1) is 17.4. The SMILES string of the molecule is CC(C)(C)[Si](C)(C)OC1CCC(N2CCC(Cc3c(Cl)cc(OCc4ccccc4)cc3Cl)C2=O)CC1. The van der Waals surface area contributed by atoms with Crippen molar-refractivity contribution < 1.29 is 14.0 Å². The van der Waals surface area contributed by atoms with E-state index in [9.17, 15) is 4.79 Å². The Morgan fingerprint density at radius 3 is 2.19 bits per heavy atom. The lowest BCUT2D eigenvalue weighted by Crippen LogP contribution is -2.47. The van der Waals surface area contributed by atoms with Gasteiger partial charge in [-0.15, -0.1) is 0 Å². The zero-order chi connectivity index (χ0) is 26.8. The number of halogens is 2. The van der Waals surface area contributed by atoms with E-state index in [-0.39, 0.29) is 16.9 Å². The molecule has 1 heterocycles. The summed E-state index contributed by atoms with van der Waals surface area (Å²) < 4.78 is 12.6. The predicted octanol–water partition coefficient (Wildman–Crippen LogP) is 8.30. The number of likely N-dealkylation sites (tertiary alicyclic amines) is 1. The van der Waals surface area contributed by atoms with Crippen molar-refractivity contribution in [2.45, 2.75) is 96.2 Å². The third kappa shape index (κ3) is 6.92. The molecule has 37 heavy (non-hydrogen) atoms. The van der Waals surface area contributed by atoms with Crippen LogP contribution in [0.2, 0.25) is 28.2 Å². The Bertz CT molecular complexity index is 1050. The minimum absolute atomic E-state index is 0.0766. The summed E-state index contributed by atoms with van der Waals surface area (Å²) in [5.41, 5.74) is 1.91. The topological polar surface area (TPSA) is 38.8 Å². The highest BCUT2D eigenvalue weighted by atomic mass is 35.5. The van der Waals surface area contributed by atoms with E-state index < -0.39 is 8.32 Å². The minimum atomic E-state index is -1.77. The molecule has 1 unspecified atom stereocenters. The monoisotopic (exact) mass is 561 g/mol. The molecule has 1 amide bonds. The second-order valence-electron chi connectivity index (χ2n) is 12.2. The maximum absolute atomic E-state index is 13.4. The van der Waals surface area contributed by atoms with Crippen LogP contribution in [0.3, 0.4) is 0 Å². The van der Waals surface area contributed by atoms with Gasteiger partial charge in [0.05, 0.1) is 0 Å². The lowest BCUT2D eigenvalue weighted by Gasteiger charge is -2.42. The van der Waals surface area contributed by atoms with Gasteiger partial charge in [-0.1, -0.05) is 74.3 Å². The Labute approximate surface area is 233 Å². The first-order valence-electron chi connectivity index (χ1n) is 13.6. The Hall–Kier alpha value is -1.53. The quantitative estimate of drug-likeness (QED) is 0.304. The number of rotatable bonds is 8. The van der Waals surface area contributed by atoms with Crippen molar-refractivity contribution in [3.8, 4) is 5.75 Å². The number of nitrogens with zero attached hydrogens (tertiary/aromatic N) is 1. The van der Waals surface area contributed by atoms with Gasteiger partial charge in [-0.05, 0) is 79.9 Å². The molecule has 2 aromatic carbocycles. The molecule has 2 aromatic rings. The van der Waals surface area contributed by atoms with E-state index in [2.05, 4.69) is 38.8 Å². The highest BCUT2D eigenvalue weighted by molar-refractivity contribution is 6.74. The van der Waals surface area contributed by atoms with Gasteiger partial charge >= 0.3 is 0 Å². The zero-order valence-electron chi connectivity index (χ0n) is 22.9. The highest BCUT2D eigenvalue weighted by Crippen LogP contribution is 2.40. The molecule has 2 aliphatic rings. The van der Waals surface area contributed by atoms with Crippen molar-refractivity contribution in [3.63, 3.8) is 0 Å². The van der Waals surface area contributed by atoms with Gasteiger partial charge in [0.15, 0.2) is 8.32 Å². The summed E-state index contributed by atoms with van der Waals surface area (Å²) in [5, 5.41) is 1.34. The number of benzene rings is 2. The summed E-state index contributed by atoms with van der Waals surface area (Å²) in [7, 11) is -1.77. The van der Waals surface area contributed by atoms with E-state index in [1.54, 1.807) is 0 Å². The number of hydrogen-bond acceptors (Lipinski definition) is 3. The molecular formula is C30H41Cl2NO3Si. The molecule has 202 valence electrons. The van der Waals surface area contributed by atoms with E-state index in [4.69, 9.17) is 32.4 Å². The first-order valence-corrected chi connectivity index (χ1v) is 17.2. The molecule has 4 nitrogen and oxygen atoms in total. The molecule has 4 rings (SSSR count). The second-order valence-corrected chi connectivity index (χ2v) is 17.7. The van der Waals surface area contributed by atoms with Crippen LogP contribution in [-0.2, 0) is 22.2 Å². The minimum Gasteiger partial charge on any atom is -0.489 e. The fourth-order valence-corrected chi connectivity index (χ4v) is 7.27. The first kappa shape index (κ1) is 28.5. The normalized spacial score (nSPS) is 22.9. The Kier molecular flexibility index (Phi) is 9.00. The van der Waals surface area contributed by atoms with Gasteiger partial charge in [0.2, 0.25) is 5.91 Å². The Morgan fingerprint density at radius 1 is 0.973 bits per heavy atom. The van der Waals surface area contributed by atoms with Gasteiger partial charge in [0.25, 0.3) is 0 Å². The molecule has 1 saturated heterocycles. The average Bonchev–Trinajstić information content (AvgIpc) is 3.20. The summed E-state index contributed by atoms with van der Waals surface area (Å²) in [6, 6.07) is 13.9. The summed E-state index contributed by atoms with van der Waals surface area (Å²) in [5.74, 6) is 0.802. The van der Waals surface area contributed by atoms with Gasteiger partial charge in [-0.25, -0.2) is 0 Å². The molecule has 2 fully saturated rings. The zero-order valence-corrected chi connectivity index (χ0v) is 25.4. The maximum atomic E-state index is 13.4. The van der Waals surface area contributed by atoms with Crippen LogP contribution in [0.1, 0.15) is 64.0 Å². The number of amides is 1. The summed E-state index contributed by atoms with van der Waals surface area (Å²) >= 11 is 13.3. The van der Waals surface area contributed by atoms with Gasteiger partial charge in [-0.3, -0.25) is 4.79 Å². The second kappa shape index (κ2) is 11.7. The number of ether oxygens (including phenoxy) is 1. The van der Waals surface area contributed by atoms with E-state index in [1.807, 2.05) is 42.5 Å². The lowest BCUT2D eigenvalue weighted by molar-refractivity contribution is -0.133. The fourth-order valence-electron chi connectivity index (χ4n) is 5.23. The molecule has 0 spiro atoms. The van der Waals surface area contributed by atoms with E-state index in [1.165, 1.54) is 0 Å². The molecule has 1 aliphatic heterocycles. The fraction of sp³-hybridized carbons (Fsp3) is 0.567. The van der Waals surface area contributed by atoms with Crippen LogP contribution in [0.4, 0.5) is 0 Å². The molecule has 7 heteroatoms. The number of carbonyl (C=O) groups excluding carboxylic acids is 1. The van der Waals surface area contributed by atoms with Crippen LogP contribution < -0.4 is 4.74 Å². The molecular weight excluding hydrogens is 521 g/mol. The predicted molar refractivity (Wildman–Crippen MR) is 155 cm³/mol. The average molecular weight is 563 g/mol. The summed E-state index contributed by atoms with van der Waals surface area (Å²) in [6.07, 6.45) is 5.85. The van der Waals surface area contributed by atoms with Gasteiger partial charge in [0, 0.05) is 34.7 Å². The van der Waals surface area contributed by atoms with Crippen molar-refractivity contribution in [1.82, 2.24) is 4.90 Å². The molecule has 1 atom stereocenters. The smallest absolute Gasteiger partial charge is 0.226 e. The molecule has 1 saturated carbocycles. The van der Waals surface area contributed by atoms with Crippen LogP contribution >= 0.6 is 23.2 Å². The number of carbonyl (C=O) groups is 1. The van der Waals surface area contributed by atoms with Crippen LogP contribution in [0.25, 0.3) is 0 Å². The number of hydrogen-bond donors (Lipinski definition) is 0. The van der Waals surface area contributed by atoms with Gasteiger partial charge in [-0.2, -0.15) is 0 Å². The van der Waals surface area contributed by atoms with Crippen LogP contribution in [-0.4, -0.2) is 37.8 Å². The standard InChI is InChI=1S/C30H41Cl2NO3Si/c1-30(2,3)37(4,5)36-24-13-11-23(12-14-24)33-16-15-22(29(33)34)17-26-27(31)18-25(19-28(26)32)35-20-21-9-7-6-8-10-21/h6-10,18-19,22-24H,11-17,20H2,1-5H3. The van der Waals surface area contributed by atoms with Crippen LogP contribution in [0, 0.1) is 5.92 Å². The van der Waals surface area contributed by atoms with E-state index in [0.29, 0.717) is 41.0 Å². The molecule has 1 aliphatic carbocycles. The molecule has 0 N–H and O–H groups in total. The lowest BCUT2D eigenvalue weighted by atomic mass is 9.92. The summed E-state index contributed by atoms with van der Waals surface area (Å²) in [4.78, 5) is 15.5. The van der Waals surface area contributed by atoms with Crippen LogP contribution in [0.15, 0.2) is 42.5 Å². The van der Waals surface area contributed by atoms with Gasteiger partial charge < -0.3 is 14.1 Å². The Balaban J connectivity index is 1.31. The molecule has 0 aromatic heterocycles. The van der Waals surface area contributed by atoms with E-state index >= 15 is 0 Å². The molecule has 0 bridgehead atoms. The van der Waals surface area contributed by atoms with Crippen molar-refractivity contribution in [2.75, 3.05) is 6.54 Å². The molecule has 0 radical (unpaired) electrons. The maximum Gasteiger partial charge on any atom is 0.226 e. The third-order valence-electron chi connectivity index (χ3n) is 8.52.